The van der Waals surface area contributed by atoms with Crippen molar-refractivity contribution in [3.63, 3.8) is 0 Å². The van der Waals surface area contributed by atoms with E-state index in [4.69, 9.17) is 10.2 Å². The Labute approximate surface area is 105 Å². The normalized spacial score (nSPS) is 12.6. The monoisotopic (exact) mass is 249 g/mol. The highest BCUT2D eigenvalue weighted by Crippen LogP contribution is 2.21. The molecule has 1 unspecified atom stereocenters. The molecule has 4 nitrogen and oxygen atoms in total. The Kier molecular flexibility index (Phi) is 4.17. The van der Waals surface area contributed by atoms with E-state index in [0.29, 0.717) is 11.8 Å². The van der Waals surface area contributed by atoms with Gasteiger partial charge in [-0.15, -0.1) is 10.2 Å². The molecule has 0 saturated heterocycles. The van der Waals surface area contributed by atoms with Gasteiger partial charge in [-0.05, 0) is 30.6 Å². The third kappa shape index (κ3) is 3.08. The van der Waals surface area contributed by atoms with Crippen LogP contribution in [0.4, 0.5) is 0 Å². The number of hydrogen-bond donors (Lipinski definition) is 1. The number of nitrogens with zero attached hydrogens (tertiary/aromatic N) is 2. The molecular weight excluding hydrogens is 234 g/mol. The molecule has 2 N–H and O–H groups in total. The molecule has 0 saturated carbocycles. The van der Waals surface area contributed by atoms with Crippen LogP contribution in [0.25, 0.3) is 11.5 Å². The summed E-state index contributed by atoms with van der Waals surface area (Å²) < 4.78 is 5.57. The Bertz CT molecular complexity index is 458. The maximum absolute atomic E-state index is 5.96. The van der Waals surface area contributed by atoms with E-state index >= 15 is 0 Å². The molecule has 2 rings (SSSR count). The van der Waals surface area contributed by atoms with E-state index in [1.165, 1.54) is 0 Å². The van der Waals surface area contributed by atoms with Gasteiger partial charge in [-0.1, -0.05) is 18.2 Å². The molecule has 0 radical (unpaired) electrons. The highest BCUT2D eigenvalue weighted by atomic mass is 32.2. The Balaban J connectivity index is 2.11. The quantitative estimate of drug-likeness (QED) is 0.882. The third-order valence-electron chi connectivity index (χ3n) is 2.41. The summed E-state index contributed by atoms with van der Waals surface area (Å²) in [6, 6.07) is 9.52. The summed E-state index contributed by atoms with van der Waals surface area (Å²) >= 11 is 1.76. The summed E-state index contributed by atoms with van der Waals surface area (Å²) in [5.74, 6) is 2.03. The minimum Gasteiger partial charge on any atom is -0.419 e. The summed E-state index contributed by atoms with van der Waals surface area (Å²) in [5, 5.41) is 8.01. The lowest BCUT2D eigenvalue weighted by Crippen LogP contribution is -2.11. The molecule has 0 amide bonds. The van der Waals surface area contributed by atoms with Crippen LogP contribution in [0.15, 0.2) is 34.7 Å². The molecule has 0 fully saturated rings. The molecule has 0 spiro atoms. The Morgan fingerprint density at radius 1 is 1.29 bits per heavy atom. The van der Waals surface area contributed by atoms with Gasteiger partial charge < -0.3 is 10.2 Å². The van der Waals surface area contributed by atoms with E-state index in [9.17, 15) is 0 Å². The van der Waals surface area contributed by atoms with Crippen molar-refractivity contribution in [2.45, 2.75) is 12.5 Å². The van der Waals surface area contributed by atoms with Crippen molar-refractivity contribution in [2.75, 3.05) is 12.0 Å². The van der Waals surface area contributed by atoms with E-state index in [-0.39, 0.29) is 6.04 Å². The van der Waals surface area contributed by atoms with Crippen molar-refractivity contribution in [2.24, 2.45) is 5.73 Å². The van der Waals surface area contributed by atoms with Gasteiger partial charge in [0.1, 0.15) is 0 Å². The van der Waals surface area contributed by atoms with Crippen LogP contribution in [0, 0.1) is 0 Å². The van der Waals surface area contributed by atoms with E-state index in [2.05, 4.69) is 16.5 Å². The molecule has 1 aromatic heterocycles. The van der Waals surface area contributed by atoms with Crippen LogP contribution >= 0.6 is 11.8 Å². The lowest BCUT2D eigenvalue weighted by atomic mass is 10.2. The second-order valence-electron chi connectivity index (χ2n) is 3.70. The predicted molar refractivity (Wildman–Crippen MR) is 69.7 cm³/mol. The fourth-order valence-corrected chi connectivity index (χ4v) is 1.94. The predicted octanol–water partition coefficient (Wildman–Crippen LogP) is 2.49. The second-order valence-corrected chi connectivity index (χ2v) is 4.69. The van der Waals surface area contributed by atoms with Gasteiger partial charge in [-0.3, -0.25) is 0 Å². The van der Waals surface area contributed by atoms with Crippen LogP contribution in [0.2, 0.25) is 0 Å². The molecule has 0 bridgehead atoms. The molecule has 0 aliphatic heterocycles. The molecule has 0 aliphatic carbocycles. The Hall–Kier alpha value is -1.33. The summed E-state index contributed by atoms with van der Waals surface area (Å²) in [6.45, 7) is 0. The molecule has 5 heteroatoms. The lowest BCUT2D eigenvalue weighted by Gasteiger charge is -2.04. The Morgan fingerprint density at radius 3 is 2.76 bits per heavy atom. The van der Waals surface area contributed by atoms with Gasteiger partial charge in [-0.2, -0.15) is 11.8 Å². The van der Waals surface area contributed by atoms with Crippen LogP contribution in [0.5, 0.6) is 0 Å². The minimum absolute atomic E-state index is 0.174. The third-order valence-corrected chi connectivity index (χ3v) is 3.06. The molecule has 1 heterocycles. The second kappa shape index (κ2) is 5.84. The zero-order valence-electron chi connectivity index (χ0n) is 9.67. The maximum Gasteiger partial charge on any atom is 0.247 e. The van der Waals surface area contributed by atoms with Gasteiger partial charge in [0.05, 0.1) is 6.04 Å². The molecule has 2 aromatic rings. The lowest BCUT2D eigenvalue weighted by molar-refractivity contribution is 0.454. The number of benzene rings is 1. The van der Waals surface area contributed by atoms with Crippen LogP contribution in [-0.4, -0.2) is 22.2 Å². The van der Waals surface area contributed by atoms with Gasteiger partial charge in [0.15, 0.2) is 0 Å². The average molecular weight is 249 g/mol. The fourth-order valence-electron chi connectivity index (χ4n) is 1.45. The van der Waals surface area contributed by atoms with Gasteiger partial charge in [0.25, 0.3) is 0 Å². The zero-order chi connectivity index (χ0) is 12.1. The molecule has 1 aromatic carbocycles. The summed E-state index contributed by atoms with van der Waals surface area (Å²) in [7, 11) is 0. The zero-order valence-corrected chi connectivity index (χ0v) is 10.5. The number of hydrogen-bond acceptors (Lipinski definition) is 5. The van der Waals surface area contributed by atoms with Crippen LogP contribution < -0.4 is 5.73 Å². The van der Waals surface area contributed by atoms with Gasteiger partial charge in [0, 0.05) is 5.56 Å². The van der Waals surface area contributed by atoms with Crippen molar-refractivity contribution >= 4 is 11.8 Å². The van der Waals surface area contributed by atoms with Gasteiger partial charge in [0.2, 0.25) is 11.8 Å². The smallest absolute Gasteiger partial charge is 0.247 e. The number of thioether (sulfide) groups is 1. The highest BCUT2D eigenvalue weighted by molar-refractivity contribution is 7.98. The van der Waals surface area contributed by atoms with E-state index in [1.54, 1.807) is 11.8 Å². The molecule has 17 heavy (non-hydrogen) atoms. The first-order valence-electron chi connectivity index (χ1n) is 5.44. The van der Waals surface area contributed by atoms with Gasteiger partial charge >= 0.3 is 0 Å². The van der Waals surface area contributed by atoms with Crippen LogP contribution in [-0.2, 0) is 0 Å². The minimum atomic E-state index is -0.174. The summed E-state index contributed by atoms with van der Waals surface area (Å²) in [5.41, 5.74) is 6.88. The first-order chi connectivity index (χ1) is 8.31. The number of nitrogens with two attached hydrogens (primary N) is 1. The Morgan fingerprint density at radius 2 is 2.06 bits per heavy atom. The van der Waals surface area contributed by atoms with Crippen molar-refractivity contribution < 1.29 is 4.42 Å². The standard InChI is InChI=1S/C12H15N3OS/c1-17-8-7-10(13)12-15-14-11(16-12)9-5-3-2-4-6-9/h2-6,10H,7-8,13H2,1H3. The largest absolute Gasteiger partial charge is 0.419 e. The summed E-state index contributed by atoms with van der Waals surface area (Å²) in [6.07, 6.45) is 2.90. The number of rotatable bonds is 5. The summed E-state index contributed by atoms with van der Waals surface area (Å²) in [4.78, 5) is 0. The molecule has 1 atom stereocenters. The van der Waals surface area contributed by atoms with Crippen molar-refractivity contribution in [3.8, 4) is 11.5 Å². The molecular formula is C12H15N3OS. The van der Waals surface area contributed by atoms with E-state index < -0.39 is 0 Å². The van der Waals surface area contributed by atoms with Crippen molar-refractivity contribution in [1.29, 1.82) is 0 Å². The fraction of sp³-hybridized carbons (Fsp3) is 0.333. The molecule has 0 aliphatic rings. The topological polar surface area (TPSA) is 64.9 Å². The van der Waals surface area contributed by atoms with Crippen molar-refractivity contribution in [3.05, 3.63) is 36.2 Å². The van der Waals surface area contributed by atoms with E-state index in [0.717, 1.165) is 17.7 Å². The number of aromatic nitrogens is 2. The van der Waals surface area contributed by atoms with Gasteiger partial charge in [-0.25, -0.2) is 0 Å². The van der Waals surface area contributed by atoms with Crippen LogP contribution in [0.1, 0.15) is 18.4 Å². The average Bonchev–Trinajstić information content (AvgIpc) is 2.86. The maximum atomic E-state index is 5.96. The van der Waals surface area contributed by atoms with E-state index in [1.807, 2.05) is 30.3 Å². The van der Waals surface area contributed by atoms with Crippen LogP contribution in [0.3, 0.4) is 0 Å². The first kappa shape index (κ1) is 12.1. The first-order valence-corrected chi connectivity index (χ1v) is 6.84. The molecule has 90 valence electrons. The highest BCUT2D eigenvalue weighted by Gasteiger charge is 2.14. The van der Waals surface area contributed by atoms with Crippen molar-refractivity contribution in [1.82, 2.24) is 10.2 Å². The SMILES string of the molecule is CSCCC(N)c1nnc(-c2ccccc2)o1.